The summed E-state index contributed by atoms with van der Waals surface area (Å²) in [6.45, 7) is 3.56. The average Bonchev–Trinajstić information content (AvgIpc) is 3.16. The lowest BCUT2D eigenvalue weighted by molar-refractivity contribution is -0.165. The zero-order valence-corrected chi connectivity index (χ0v) is 14.4. The quantitative estimate of drug-likeness (QED) is 0.479. The zero-order valence-electron chi connectivity index (χ0n) is 14.4. The Bertz CT molecular complexity index is 593. The van der Waals surface area contributed by atoms with Crippen LogP contribution in [-0.2, 0) is 16.1 Å². The third kappa shape index (κ3) is 5.25. The second-order valence-corrected chi connectivity index (χ2v) is 6.91. The van der Waals surface area contributed by atoms with Crippen molar-refractivity contribution < 1.29 is 30.0 Å². The van der Waals surface area contributed by atoms with Crippen LogP contribution in [0.15, 0.2) is 30.3 Å². The van der Waals surface area contributed by atoms with Gasteiger partial charge in [-0.3, -0.25) is 4.90 Å². The van der Waals surface area contributed by atoms with Crippen LogP contribution in [0.2, 0.25) is 0 Å². The maximum absolute atomic E-state index is 9.77. The first-order chi connectivity index (χ1) is 12.3. The van der Waals surface area contributed by atoms with Gasteiger partial charge in [0.1, 0.15) is 0 Å². The molecule has 5 atom stereocenters. The SMILES string of the molecule is N[C@H]1CC[C@@H]2CN(Cc3ccccc3)C[C@@H]21.O=C(O)C(O)C(O)C(=O)O. The molecule has 0 aromatic heterocycles. The summed E-state index contributed by atoms with van der Waals surface area (Å²) in [6.07, 6.45) is -1.94. The van der Waals surface area contributed by atoms with Crippen LogP contribution in [0, 0.1) is 11.8 Å². The van der Waals surface area contributed by atoms with Crippen molar-refractivity contribution in [1.29, 1.82) is 0 Å². The van der Waals surface area contributed by atoms with Crippen LogP contribution in [0.4, 0.5) is 0 Å². The number of rotatable bonds is 5. The molecule has 144 valence electrons. The summed E-state index contributed by atoms with van der Waals surface area (Å²) in [5, 5.41) is 32.5. The van der Waals surface area contributed by atoms with Crippen molar-refractivity contribution >= 4 is 11.9 Å². The summed E-state index contributed by atoms with van der Waals surface area (Å²) in [7, 11) is 0. The van der Waals surface area contributed by atoms with E-state index in [1.807, 2.05) is 0 Å². The molecule has 3 rings (SSSR count). The normalized spacial score (nSPS) is 27.1. The lowest BCUT2D eigenvalue weighted by Gasteiger charge is -2.18. The number of carbonyl (C=O) groups is 2. The standard InChI is InChI=1S/C14H20N2.C4H6O6/c15-14-7-6-12-9-16(10-13(12)14)8-11-4-2-1-3-5-11;5-1(3(7)8)2(6)4(9)10/h1-5,12-14H,6-10,15H2;1-2,5-6H,(H,7,8)(H,9,10)/t12-,13+,14+;/m1./s1. The van der Waals surface area contributed by atoms with Crippen LogP contribution in [0.25, 0.3) is 0 Å². The summed E-state index contributed by atoms with van der Waals surface area (Å²) in [4.78, 5) is 22.1. The van der Waals surface area contributed by atoms with E-state index in [0.717, 1.165) is 18.4 Å². The molecule has 2 aliphatic rings. The molecule has 1 aromatic rings. The van der Waals surface area contributed by atoms with Gasteiger partial charge in [0, 0.05) is 25.7 Å². The third-order valence-electron chi connectivity index (χ3n) is 5.04. The van der Waals surface area contributed by atoms with Gasteiger partial charge in [0.25, 0.3) is 0 Å². The van der Waals surface area contributed by atoms with E-state index in [4.69, 9.17) is 26.2 Å². The predicted molar refractivity (Wildman–Crippen MR) is 93.2 cm³/mol. The highest BCUT2D eigenvalue weighted by Crippen LogP contribution is 2.37. The average molecular weight is 366 g/mol. The van der Waals surface area contributed by atoms with Gasteiger partial charge in [-0.2, -0.15) is 0 Å². The van der Waals surface area contributed by atoms with Gasteiger partial charge in [-0.15, -0.1) is 0 Å². The highest BCUT2D eigenvalue weighted by molar-refractivity contribution is 5.83. The molecule has 0 spiro atoms. The number of benzene rings is 1. The Morgan fingerprint density at radius 2 is 1.62 bits per heavy atom. The number of likely N-dealkylation sites (tertiary alicyclic amines) is 1. The van der Waals surface area contributed by atoms with Crippen LogP contribution in [0.1, 0.15) is 18.4 Å². The summed E-state index contributed by atoms with van der Waals surface area (Å²) in [5.41, 5.74) is 7.58. The Balaban J connectivity index is 0.000000213. The lowest BCUT2D eigenvalue weighted by atomic mass is 9.98. The minimum Gasteiger partial charge on any atom is -0.479 e. The van der Waals surface area contributed by atoms with Crippen molar-refractivity contribution in [3.8, 4) is 0 Å². The van der Waals surface area contributed by atoms with Crippen molar-refractivity contribution in [3.63, 3.8) is 0 Å². The van der Waals surface area contributed by atoms with Gasteiger partial charge < -0.3 is 26.2 Å². The Labute approximate surface area is 151 Å². The molecular formula is C18H26N2O6. The Morgan fingerprint density at radius 1 is 1.04 bits per heavy atom. The zero-order chi connectivity index (χ0) is 19.3. The summed E-state index contributed by atoms with van der Waals surface area (Å²) in [5.74, 6) is -1.90. The molecule has 1 heterocycles. The Hall–Kier alpha value is -2.00. The molecule has 8 heteroatoms. The number of aliphatic hydroxyl groups is 2. The molecule has 0 radical (unpaired) electrons. The number of fused-ring (bicyclic) bond motifs is 1. The first-order valence-corrected chi connectivity index (χ1v) is 8.63. The molecule has 2 unspecified atom stereocenters. The smallest absolute Gasteiger partial charge is 0.335 e. The third-order valence-corrected chi connectivity index (χ3v) is 5.04. The molecule has 0 bridgehead atoms. The number of hydrogen-bond acceptors (Lipinski definition) is 6. The topological polar surface area (TPSA) is 144 Å². The van der Waals surface area contributed by atoms with Gasteiger partial charge in [0.2, 0.25) is 0 Å². The number of aliphatic carboxylic acids is 2. The fraction of sp³-hybridized carbons (Fsp3) is 0.556. The van der Waals surface area contributed by atoms with Crippen LogP contribution in [0.3, 0.4) is 0 Å². The largest absolute Gasteiger partial charge is 0.479 e. The van der Waals surface area contributed by atoms with Gasteiger partial charge >= 0.3 is 11.9 Å². The fourth-order valence-corrected chi connectivity index (χ4v) is 3.64. The van der Waals surface area contributed by atoms with Crippen LogP contribution >= 0.6 is 0 Å². The molecule has 26 heavy (non-hydrogen) atoms. The second-order valence-electron chi connectivity index (χ2n) is 6.91. The molecule has 0 amide bonds. The number of carboxylic acids is 2. The first kappa shape index (κ1) is 20.3. The van der Waals surface area contributed by atoms with E-state index in [2.05, 4.69) is 35.2 Å². The van der Waals surface area contributed by atoms with Crippen molar-refractivity contribution in [1.82, 2.24) is 4.90 Å². The van der Waals surface area contributed by atoms with Crippen molar-refractivity contribution in [2.45, 2.75) is 37.6 Å². The van der Waals surface area contributed by atoms with E-state index < -0.39 is 24.1 Å². The summed E-state index contributed by atoms with van der Waals surface area (Å²) in [6, 6.07) is 11.2. The number of nitrogens with two attached hydrogens (primary N) is 1. The van der Waals surface area contributed by atoms with E-state index in [1.54, 1.807) is 0 Å². The number of aliphatic hydroxyl groups excluding tert-OH is 2. The molecule has 1 saturated heterocycles. The number of carboxylic acid groups (broad SMARTS) is 2. The molecule has 6 N–H and O–H groups in total. The molecule has 1 aliphatic carbocycles. The molecular weight excluding hydrogens is 340 g/mol. The summed E-state index contributed by atoms with van der Waals surface area (Å²) < 4.78 is 0. The molecule has 1 aliphatic heterocycles. The van der Waals surface area contributed by atoms with Gasteiger partial charge in [-0.1, -0.05) is 30.3 Å². The monoisotopic (exact) mass is 366 g/mol. The number of hydrogen-bond donors (Lipinski definition) is 5. The first-order valence-electron chi connectivity index (χ1n) is 8.63. The fourth-order valence-electron chi connectivity index (χ4n) is 3.64. The highest BCUT2D eigenvalue weighted by atomic mass is 16.4. The molecule has 8 nitrogen and oxygen atoms in total. The highest BCUT2D eigenvalue weighted by Gasteiger charge is 2.40. The Kier molecular flexibility index (Phi) is 7.10. The van der Waals surface area contributed by atoms with Crippen LogP contribution in [-0.4, -0.2) is 68.6 Å². The number of nitrogens with zero attached hydrogens (tertiary/aromatic N) is 1. The van der Waals surface area contributed by atoms with E-state index in [0.29, 0.717) is 6.04 Å². The maximum atomic E-state index is 9.77. The van der Waals surface area contributed by atoms with Gasteiger partial charge in [0.05, 0.1) is 0 Å². The lowest BCUT2D eigenvalue weighted by Crippen LogP contribution is -2.39. The van der Waals surface area contributed by atoms with Gasteiger partial charge in [0.15, 0.2) is 12.2 Å². The molecule has 1 aromatic carbocycles. The second kappa shape index (κ2) is 9.09. The van der Waals surface area contributed by atoms with E-state index in [1.165, 1.54) is 31.5 Å². The van der Waals surface area contributed by atoms with Gasteiger partial charge in [-0.25, -0.2) is 9.59 Å². The van der Waals surface area contributed by atoms with Crippen molar-refractivity contribution in [3.05, 3.63) is 35.9 Å². The molecule has 1 saturated carbocycles. The van der Waals surface area contributed by atoms with Crippen molar-refractivity contribution in [2.75, 3.05) is 13.1 Å². The van der Waals surface area contributed by atoms with Gasteiger partial charge in [-0.05, 0) is 30.2 Å². The van der Waals surface area contributed by atoms with E-state index in [-0.39, 0.29) is 0 Å². The minimum absolute atomic E-state index is 0.464. The predicted octanol–water partition coefficient (Wildman–Crippen LogP) is -0.267. The van der Waals surface area contributed by atoms with Crippen molar-refractivity contribution in [2.24, 2.45) is 17.6 Å². The van der Waals surface area contributed by atoms with E-state index >= 15 is 0 Å². The van der Waals surface area contributed by atoms with E-state index in [9.17, 15) is 9.59 Å². The Morgan fingerprint density at radius 3 is 2.12 bits per heavy atom. The summed E-state index contributed by atoms with van der Waals surface area (Å²) >= 11 is 0. The molecule has 2 fully saturated rings. The van der Waals surface area contributed by atoms with Crippen LogP contribution < -0.4 is 5.73 Å². The maximum Gasteiger partial charge on any atom is 0.335 e. The van der Waals surface area contributed by atoms with Crippen LogP contribution in [0.5, 0.6) is 0 Å². The minimum atomic E-state index is -2.27.